The maximum Gasteiger partial charge on any atom is 0.270 e. The van der Waals surface area contributed by atoms with Crippen molar-refractivity contribution in [2.24, 2.45) is 0 Å². The topological polar surface area (TPSA) is 85.4 Å². The van der Waals surface area contributed by atoms with E-state index in [0.29, 0.717) is 24.7 Å². The van der Waals surface area contributed by atoms with Crippen molar-refractivity contribution in [2.75, 3.05) is 19.5 Å². The summed E-state index contributed by atoms with van der Waals surface area (Å²) in [6, 6.07) is 16.8. The largest absolute Gasteiger partial charge is 0.497 e. The van der Waals surface area contributed by atoms with Gasteiger partial charge in [-0.1, -0.05) is 24.3 Å². The fraction of sp³-hybridized carbons (Fsp3) is 0.190. The van der Waals surface area contributed by atoms with Gasteiger partial charge >= 0.3 is 0 Å². The second kappa shape index (κ2) is 9.36. The molecule has 0 radical (unpaired) electrons. The Morgan fingerprint density at radius 3 is 2.00 bits per heavy atom. The summed E-state index contributed by atoms with van der Waals surface area (Å²) in [6.07, 6.45) is 1.56. The number of anilines is 1. The van der Waals surface area contributed by atoms with Crippen LogP contribution >= 0.6 is 0 Å². The molecule has 7 nitrogen and oxygen atoms in total. The summed E-state index contributed by atoms with van der Waals surface area (Å²) in [5.74, 6) is 1.72. The number of carbonyl (C=O) groups excluding carboxylic acids is 1. The Morgan fingerprint density at radius 2 is 1.43 bits per heavy atom. The fourth-order valence-corrected chi connectivity index (χ4v) is 2.51. The van der Waals surface area contributed by atoms with Crippen molar-refractivity contribution < 1.29 is 14.3 Å². The summed E-state index contributed by atoms with van der Waals surface area (Å²) in [7, 11) is 3.25. The number of hydrogen-bond acceptors (Lipinski definition) is 6. The number of aromatic nitrogens is 2. The van der Waals surface area contributed by atoms with Crippen LogP contribution in [0.3, 0.4) is 0 Å². The van der Waals surface area contributed by atoms with E-state index in [4.69, 9.17) is 9.47 Å². The van der Waals surface area contributed by atoms with Gasteiger partial charge in [0.15, 0.2) is 0 Å². The molecule has 0 aliphatic carbocycles. The van der Waals surface area contributed by atoms with Gasteiger partial charge in [-0.15, -0.1) is 0 Å². The van der Waals surface area contributed by atoms with Gasteiger partial charge in [0.25, 0.3) is 5.91 Å². The molecule has 1 aromatic heterocycles. The summed E-state index contributed by atoms with van der Waals surface area (Å²) >= 11 is 0. The Hall–Kier alpha value is -3.61. The predicted octanol–water partition coefficient (Wildman–Crippen LogP) is 3.04. The summed E-state index contributed by atoms with van der Waals surface area (Å²) in [5.41, 5.74) is 2.33. The first kappa shape index (κ1) is 19.2. The lowest BCUT2D eigenvalue weighted by Crippen LogP contribution is -2.24. The van der Waals surface area contributed by atoms with Crippen molar-refractivity contribution in [1.29, 1.82) is 0 Å². The Morgan fingerprint density at radius 1 is 0.857 bits per heavy atom. The van der Waals surface area contributed by atoms with E-state index in [1.165, 1.54) is 0 Å². The molecule has 0 bridgehead atoms. The van der Waals surface area contributed by atoms with Crippen LogP contribution in [0.4, 0.5) is 5.95 Å². The minimum atomic E-state index is -0.259. The summed E-state index contributed by atoms with van der Waals surface area (Å²) in [6.45, 7) is 0.947. The number of methoxy groups -OCH3 is 2. The van der Waals surface area contributed by atoms with E-state index in [0.717, 1.165) is 22.6 Å². The Balaban J connectivity index is 1.55. The molecule has 2 N–H and O–H groups in total. The summed E-state index contributed by atoms with van der Waals surface area (Å²) < 4.78 is 10.3. The van der Waals surface area contributed by atoms with E-state index in [9.17, 15) is 4.79 Å². The summed E-state index contributed by atoms with van der Waals surface area (Å²) in [5, 5.41) is 5.98. The van der Waals surface area contributed by atoms with Gasteiger partial charge in [-0.25, -0.2) is 9.97 Å². The molecule has 0 unspecified atom stereocenters. The van der Waals surface area contributed by atoms with Crippen LogP contribution in [0, 0.1) is 0 Å². The van der Waals surface area contributed by atoms with E-state index in [-0.39, 0.29) is 5.91 Å². The van der Waals surface area contributed by atoms with Crippen molar-refractivity contribution >= 4 is 11.9 Å². The number of carbonyl (C=O) groups is 1. The lowest BCUT2D eigenvalue weighted by atomic mass is 10.2. The molecule has 1 amide bonds. The number of nitrogens with zero attached hydrogens (tertiary/aromatic N) is 2. The van der Waals surface area contributed by atoms with Crippen LogP contribution in [0.5, 0.6) is 11.5 Å². The third-order valence-corrected chi connectivity index (χ3v) is 4.11. The Labute approximate surface area is 163 Å². The van der Waals surface area contributed by atoms with Gasteiger partial charge in [0, 0.05) is 19.3 Å². The second-order valence-electron chi connectivity index (χ2n) is 6.00. The normalized spacial score (nSPS) is 10.2. The minimum Gasteiger partial charge on any atom is -0.497 e. The van der Waals surface area contributed by atoms with E-state index < -0.39 is 0 Å². The van der Waals surface area contributed by atoms with E-state index >= 15 is 0 Å². The van der Waals surface area contributed by atoms with Crippen molar-refractivity contribution in [3.63, 3.8) is 0 Å². The average molecular weight is 378 g/mol. The first-order chi connectivity index (χ1) is 13.7. The third-order valence-electron chi connectivity index (χ3n) is 4.11. The summed E-state index contributed by atoms with van der Waals surface area (Å²) in [4.78, 5) is 20.8. The molecule has 0 aliphatic heterocycles. The van der Waals surface area contributed by atoms with Crippen molar-refractivity contribution in [2.45, 2.75) is 13.1 Å². The number of nitrogens with one attached hydrogen (secondary N) is 2. The molecule has 0 saturated carbocycles. The van der Waals surface area contributed by atoms with Crippen molar-refractivity contribution in [3.05, 3.63) is 77.6 Å². The molecule has 0 atom stereocenters. The lowest BCUT2D eigenvalue weighted by molar-refractivity contribution is 0.0946. The van der Waals surface area contributed by atoms with Gasteiger partial charge in [-0.2, -0.15) is 0 Å². The lowest BCUT2D eigenvalue weighted by Gasteiger charge is -2.08. The molecule has 0 spiro atoms. The van der Waals surface area contributed by atoms with Crippen LogP contribution in [-0.2, 0) is 13.1 Å². The Kier molecular flexibility index (Phi) is 6.41. The molecule has 144 valence electrons. The van der Waals surface area contributed by atoms with Crippen molar-refractivity contribution in [3.8, 4) is 11.5 Å². The average Bonchev–Trinajstić information content (AvgIpc) is 2.77. The molecular formula is C21H22N4O3. The molecule has 2 aromatic carbocycles. The smallest absolute Gasteiger partial charge is 0.270 e. The van der Waals surface area contributed by atoms with Crippen LogP contribution < -0.4 is 20.1 Å². The number of ether oxygens (including phenoxy) is 2. The number of amides is 1. The van der Waals surface area contributed by atoms with E-state index in [1.807, 2.05) is 48.5 Å². The molecular weight excluding hydrogens is 356 g/mol. The molecule has 28 heavy (non-hydrogen) atoms. The van der Waals surface area contributed by atoms with Crippen LogP contribution in [-0.4, -0.2) is 30.1 Å². The Bertz CT molecular complexity index is 912. The van der Waals surface area contributed by atoms with E-state index in [2.05, 4.69) is 20.6 Å². The number of hydrogen-bond donors (Lipinski definition) is 2. The third kappa shape index (κ3) is 5.20. The zero-order valence-corrected chi connectivity index (χ0v) is 15.8. The maximum atomic E-state index is 12.4. The molecule has 3 rings (SSSR count). The maximum absolute atomic E-state index is 12.4. The number of rotatable bonds is 8. The SMILES string of the molecule is COc1ccc(CNC(=O)c2ccnc(NCc3ccc(OC)cc3)n2)cc1. The first-order valence-corrected chi connectivity index (χ1v) is 8.79. The van der Waals surface area contributed by atoms with Gasteiger partial charge in [0.05, 0.1) is 14.2 Å². The molecule has 1 heterocycles. The minimum absolute atomic E-state index is 0.259. The van der Waals surface area contributed by atoms with Crippen LogP contribution in [0.1, 0.15) is 21.6 Å². The van der Waals surface area contributed by atoms with Gasteiger partial charge in [-0.05, 0) is 41.5 Å². The zero-order valence-electron chi connectivity index (χ0n) is 15.8. The number of benzene rings is 2. The van der Waals surface area contributed by atoms with Crippen molar-refractivity contribution in [1.82, 2.24) is 15.3 Å². The monoisotopic (exact) mass is 378 g/mol. The molecule has 7 heteroatoms. The van der Waals surface area contributed by atoms with Crippen LogP contribution in [0.2, 0.25) is 0 Å². The molecule has 3 aromatic rings. The molecule has 0 saturated heterocycles. The predicted molar refractivity (Wildman–Crippen MR) is 107 cm³/mol. The van der Waals surface area contributed by atoms with Gasteiger partial charge < -0.3 is 20.1 Å². The van der Waals surface area contributed by atoms with Crippen LogP contribution in [0.15, 0.2) is 60.8 Å². The van der Waals surface area contributed by atoms with E-state index in [1.54, 1.807) is 26.5 Å². The first-order valence-electron chi connectivity index (χ1n) is 8.79. The highest BCUT2D eigenvalue weighted by atomic mass is 16.5. The van der Waals surface area contributed by atoms with Gasteiger partial charge in [0.1, 0.15) is 17.2 Å². The zero-order chi connectivity index (χ0) is 19.8. The highest BCUT2D eigenvalue weighted by Crippen LogP contribution is 2.13. The quantitative estimate of drug-likeness (QED) is 0.627. The standard InChI is InChI=1S/C21H22N4O3/c1-27-17-7-3-15(4-8-17)13-23-20(26)19-11-12-22-21(25-19)24-14-16-5-9-18(28-2)10-6-16/h3-12H,13-14H2,1-2H3,(H,23,26)(H,22,24,25). The van der Waals surface area contributed by atoms with Crippen LogP contribution in [0.25, 0.3) is 0 Å². The highest BCUT2D eigenvalue weighted by molar-refractivity contribution is 5.92. The van der Waals surface area contributed by atoms with Gasteiger partial charge in [0.2, 0.25) is 5.95 Å². The molecule has 0 aliphatic rings. The van der Waals surface area contributed by atoms with Gasteiger partial charge in [-0.3, -0.25) is 4.79 Å². The fourth-order valence-electron chi connectivity index (χ4n) is 2.51. The molecule has 0 fully saturated rings. The second-order valence-corrected chi connectivity index (χ2v) is 6.00. The highest BCUT2D eigenvalue weighted by Gasteiger charge is 2.09.